The SMILES string of the molecule is COc1ccc(N2CCc3ccccc3[C@@H]2c2c[nH]c3ccccc23)cc1. The first-order valence-electron chi connectivity index (χ1n) is 9.39. The third-order valence-electron chi connectivity index (χ3n) is 5.60. The minimum absolute atomic E-state index is 0.194. The first kappa shape index (κ1) is 16.0. The highest BCUT2D eigenvalue weighted by Gasteiger charge is 2.30. The maximum absolute atomic E-state index is 5.35. The summed E-state index contributed by atoms with van der Waals surface area (Å²) in [5.41, 5.74) is 6.57. The van der Waals surface area contributed by atoms with E-state index in [1.54, 1.807) is 7.11 Å². The zero-order chi connectivity index (χ0) is 18.2. The Balaban J connectivity index is 1.68. The zero-order valence-corrected chi connectivity index (χ0v) is 15.4. The van der Waals surface area contributed by atoms with Crippen LogP contribution in [0.15, 0.2) is 79.0 Å². The highest BCUT2D eigenvalue weighted by atomic mass is 16.5. The van der Waals surface area contributed by atoms with Crippen LogP contribution in [0.1, 0.15) is 22.7 Å². The van der Waals surface area contributed by atoms with Crippen LogP contribution >= 0.6 is 0 Å². The molecule has 0 radical (unpaired) electrons. The van der Waals surface area contributed by atoms with Crippen molar-refractivity contribution < 1.29 is 4.74 Å². The van der Waals surface area contributed by atoms with Gasteiger partial charge in [-0.3, -0.25) is 0 Å². The molecule has 27 heavy (non-hydrogen) atoms. The molecular weight excluding hydrogens is 332 g/mol. The fourth-order valence-corrected chi connectivity index (χ4v) is 4.27. The van der Waals surface area contributed by atoms with E-state index < -0.39 is 0 Å². The number of para-hydroxylation sites is 1. The predicted octanol–water partition coefficient (Wildman–Crippen LogP) is 5.33. The maximum atomic E-state index is 5.35. The van der Waals surface area contributed by atoms with Crippen molar-refractivity contribution in [1.82, 2.24) is 4.98 Å². The summed E-state index contributed by atoms with van der Waals surface area (Å²) in [5, 5.41) is 1.29. The van der Waals surface area contributed by atoms with Crippen LogP contribution in [-0.4, -0.2) is 18.6 Å². The van der Waals surface area contributed by atoms with Crippen LogP contribution in [-0.2, 0) is 6.42 Å². The van der Waals surface area contributed by atoms with Gasteiger partial charge in [0.15, 0.2) is 0 Å². The zero-order valence-electron chi connectivity index (χ0n) is 15.4. The molecule has 0 unspecified atom stereocenters. The summed E-state index contributed by atoms with van der Waals surface area (Å²) in [5.74, 6) is 0.889. The average Bonchev–Trinajstić information content (AvgIpc) is 3.17. The lowest BCUT2D eigenvalue weighted by Crippen LogP contribution is -2.36. The van der Waals surface area contributed by atoms with Gasteiger partial charge < -0.3 is 14.6 Å². The van der Waals surface area contributed by atoms with Crippen LogP contribution in [0.2, 0.25) is 0 Å². The highest BCUT2D eigenvalue weighted by Crippen LogP contribution is 2.41. The standard InChI is InChI=1S/C24H22N2O/c1-27-19-12-10-18(11-13-19)26-15-14-17-6-2-3-7-20(17)24(26)22-16-25-23-9-5-4-8-21(22)23/h2-13,16,24-25H,14-15H2,1H3/t24-/m1/s1. The fraction of sp³-hybridized carbons (Fsp3) is 0.167. The Morgan fingerprint density at radius 3 is 2.52 bits per heavy atom. The van der Waals surface area contributed by atoms with E-state index in [1.165, 1.54) is 33.3 Å². The van der Waals surface area contributed by atoms with E-state index in [4.69, 9.17) is 4.74 Å². The molecule has 1 aliphatic rings. The largest absolute Gasteiger partial charge is 0.497 e. The lowest BCUT2D eigenvalue weighted by atomic mass is 9.87. The number of nitrogens with zero attached hydrogens (tertiary/aromatic N) is 1. The summed E-state index contributed by atoms with van der Waals surface area (Å²) < 4.78 is 5.35. The molecule has 4 aromatic rings. The fourth-order valence-electron chi connectivity index (χ4n) is 4.27. The number of fused-ring (bicyclic) bond motifs is 2. The summed E-state index contributed by atoms with van der Waals surface area (Å²) in [6, 6.07) is 26.0. The smallest absolute Gasteiger partial charge is 0.119 e. The minimum Gasteiger partial charge on any atom is -0.497 e. The normalized spacial score (nSPS) is 16.3. The number of nitrogens with one attached hydrogen (secondary N) is 1. The number of hydrogen-bond acceptors (Lipinski definition) is 2. The van der Waals surface area contributed by atoms with Crippen LogP contribution in [0.25, 0.3) is 10.9 Å². The van der Waals surface area contributed by atoms with E-state index in [0.717, 1.165) is 18.7 Å². The van der Waals surface area contributed by atoms with Gasteiger partial charge in [0.05, 0.1) is 13.2 Å². The van der Waals surface area contributed by atoms with Crippen molar-refractivity contribution in [2.45, 2.75) is 12.5 Å². The average molecular weight is 354 g/mol. The number of methoxy groups -OCH3 is 1. The molecule has 0 saturated heterocycles. The molecule has 0 spiro atoms. The molecule has 3 nitrogen and oxygen atoms in total. The molecule has 5 rings (SSSR count). The molecule has 1 aliphatic heterocycles. The second-order valence-corrected chi connectivity index (χ2v) is 7.03. The van der Waals surface area contributed by atoms with Gasteiger partial charge in [-0.15, -0.1) is 0 Å². The third-order valence-corrected chi connectivity index (χ3v) is 5.60. The van der Waals surface area contributed by atoms with E-state index in [0.29, 0.717) is 0 Å². The van der Waals surface area contributed by atoms with Crippen LogP contribution in [0, 0.1) is 0 Å². The van der Waals surface area contributed by atoms with Gasteiger partial charge in [0.2, 0.25) is 0 Å². The van der Waals surface area contributed by atoms with Gasteiger partial charge >= 0.3 is 0 Å². The third kappa shape index (κ3) is 2.67. The van der Waals surface area contributed by atoms with Crippen molar-refractivity contribution >= 4 is 16.6 Å². The molecule has 3 heteroatoms. The summed E-state index contributed by atoms with van der Waals surface area (Å²) in [7, 11) is 1.71. The Bertz CT molecular complexity index is 1080. The molecular formula is C24H22N2O. The summed E-state index contributed by atoms with van der Waals surface area (Å²) in [6.45, 7) is 0.994. The molecule has 0 amide bonds. The number of aromatic nitrogens is 1. The summed E-state index contributed by atoms with van der Waals surface area (Å²) in [6.07, 6.45) is 3.23. The molecule has 0 bridgehead atoms. The van der Waals surface area contributed by atoms with Crippen molar-refractivity contribution in [3.8, 4) is 5.75 Å². The van der Waals surface area contributed by atoms with Crippen molar-refractivity contribution in [2.24, 2.45) is 0 Å². The minimum atomic E-state index is 0.194. The van der Waals surface area contributed by atoms with E-state index in [2.05, 4.69) is 76.7 Å². The van der Waals surface area contributed by atoms with E-state index in [1.807, 2.05) is 12.1 Å². The summed E-state index contributed by atoms with van der Waals surface area (Å²) in [4.78, 5) is 5.97. The predicted molar refractivity (Wildman–Crippen MR) is 111 cm³/mol. The van der Waals surface area contributed by atoms with Crippen molar-refractivity contribution in [2.75, 3.05) is 18.6 Å². The topological polar surface area (TPSA) is 28.3 Å². The Kier molecular flexibility index (Phi) is 3.86. The molecule has 3 aromatic carbocycles. The van der Waals surface area contributed by atoms with Crippen molar-refractivity contribution in [3.63, 3.8) is 0 Å². The lowest BCUT2D eigenvalue weighted by molar-refractivity contribution is 0.415. The number of rotatable bonds is 3. The Hall–Kier alpha value is -3.20. The van der Waals surface area contributed by atoms with Gasteiger partial charge in [-0.25, -0.2) is 0 Å². The highest BCUT2D eigenvalue weighted by molar-refractivity contribution is 5.85. The first-order valence-corrected chi connectivity index (χ1v) is 9.39. The molecule has 0 saturated carbocycles. The van der Waals surface area contributed by atoms with Crippen molar-refractivity contribution in [1.29, 1.82) is 0 Å². The summed E-state index contributed by atoms with van der Waals surface area (Å²) >= 11 is 0. The molecule has 0 aliphatic carbocycles. The van der Waals surface area contributed by atoms with E-state index in [-0.39, 0.29) is 6.04 Å². The molecule has 1 N–H and O–H groups in total. The van der Waals surface area contributed by atoms with Gasteiger partial charge in [-0.05, 0) is 47.9 Å². The molecule has 0 fully saturated rings. The number of aromatic amines is 1. The van der Waals surface area contributed by atoms with Crippen molar-refractivity contribution in [3.05, 3.63) is 95.7 Å². The van der Waals surface area contributed by atoms with E-state index in [9.17, 15) is 0 Å². The van der Waals surface area contributed by atoms with E-state index >= 15 is 0 Å². The Labute approximate surface area is 159 Å². The molecule has 1 atom stereocenters. The second-order valence-electron chi connectivity index (χ2n) is 7.03. The number of hydrogen-bond donors (Lipinski definition) is 1. The van der Waals surface area contributed by atoms with Gasteiger partial charge in [0.25, 0.3) is 0 Å². The maximum Gasteiger partial charge on any atom is 0.119 e. The molecule has 1 aromatic heterocycles. The van der Waals surface area contributed by atoms with Crippen LogP contribution in [0.3, 0.4) is 0 Å². The van der Waals surface area contributed by atoms with Crippen LogP contribution in [0.4, 0.5) is 5.69 Å². The van der Waals surface area contributed by atoms with Crippen LogP contribution < -0.4 is 9.64 Å². The van der Waals surface area contributed by atoms with Gasteiger partial charge in [-0.2, -0.15) is 0 Å². The van der Waals surface area contributed by atoms with Gasteiger partial charge in [0.1, 0.15) is 5.75 Å². The number of benzene rings is 3. The molecule has 134 valence electrons. The number of ether oxygens (including phenoxy) is 1. The Morgan fingerprint density at radius 1 is 0.889 bits per heavy atom. The number of H-pyrrole nitrogens is 1. The Morgan fingerprint density at radius 2 is 1.67 bits per heavy atom. The molecule has 2 heterocycles. The van der Waals surface area contributed by atoms with Gasteiger partial charge in [-0.1, -0.05) is 42.5 Å². The monoisotopic (exact) mass is 354 g/mol. The lowest BCUT2D eigenvalue weighted by Gasteiger charge is -2.39. The van der Waals surface area contributed by atoms with Crippen LogP contribution in [0.5, 0.6) is 5.75 Å². The quantitative estimate of drug-likeness (QED) is 0.539. The second kappa shape index (κ2) is 6.51. The van der Waals surface area contributed by atoms with Gasteiger partial charge in [0, 0.05) is 34.9 Å². The number of anilines is 1. The first-order chi connectivity index (χ1) is 13.3.